The number of aryl methyl sites for hydroxylation is 1. The fourth-order valence-corrected chi connectivity index (χ4v) is 1.59. The first-order chi connectivity index (χ1) is 7.99. The first kappa shape index (κ1) is 13.4. The molecule has 0 spiro atoms. The minimum absolute atomic E-state index is 0.0564. The first-order valence-electron chi connectivity index (χ1n) is 5.57. The molecule has 4 nitrogen and oxygen atoms in total. The predicted octanol–water partition coefficient (Wildman–Crippen LogP) is 1.96. The quantitative estimate of drug-likeness (QED) is 0.766. The number of hydrogen-bond acceptors (Lipinski definition) is 3. The van der Waals surface area contributed by atoms with Crippen molar-refractivity contribution >= 4 is 11.8 Å². The van der Waals surface area contributed by atoms with Crippen LogP contribution < -0.4 is 0 Å². The number of ketones is 1. The lowest BCUT2D eigenvalue weighted by Gasteiger charge is -2.10. The number of carbonyl (C=O) groups is 2. The topological polar surface area (TPSA) is 74.6 Å². The molecule has 0 heterocycles. The van der Waals surface area contributed by atoms with E-state index in [0.29, 0.717) is 18.4 Å². The van der Waals surface area contributed by atoms with Crippen LogP contribution >= 0.6 is 0 Å². The fourth-order valence-electron chi connectivity index (χ4n) is 1.59. The summed E-state index contributed by atoms with van der Waals surface area (Å²) < 4.78 is 0. The number of carboxylic acid groups (broad SMARTS) is 1. The van der Waals surface area contributed by atoms with Crippen LogP contribution in [0.15, 0.2) is 18.2 Å². The summed E-state index contributed by atoms with van der Waals surface area (Å²) in [4.78, 5) is 22.3. The monoisotopic (exact) mass is 236 g/mol. The molecule has 0 fully saturated rings. The maximum atomic E-state index is 11.6. The highest BCUT2D eigenvalue weighted by Gasteiger charge is 2.18. The van der Waals surface area contributed by atoms with Gasteiger partial charge in [0.2, 0.25) is 0 Å². The highest BCUT2D eigenvalue weighted by atomic mass is 16.4. The zero-order valence-corrected chi connectivity index (χ0v) is 9.93. The summed E-state index contributed by atoms with van der Waals surface area (Å²) >= 11 is 0. The van der Waals surface area contributed by atoms with E-state index in [9.17, 15) is 14.7 Å². The molecular formula is C13H16O4. The number of benzene rings is 1. The van der Waals surface area contributed by atoms with Gasteiger partial charge >= 0.3 is 5.97 Å². The van der Waals surface area contributed by atoms with Gasteiger partial charge in [0.15, 0.2) is 11.9 Å². The van der Waals surface area contributed by atoms with E-state index in [1.54, 1.807) is 19.1 Å². The van der Waals surface area contributed by atoms with E-state index in [-0.39, 0.29) is 11.3 Å². The molecule has 0 radical (unpaired) electrons. The van der Waals surface area contributed by atoms with Crippen LogP contribution in [0.1, 0.15) is 47.9 Å². The lowest BCUT2D eigenvalue weighted by molar-refractivity contribution is -0.146. The Morgan fingerprint density at radius 1 is 1.24 bits per heavy atom. The van der Waals surface area contributed by atoms with Crippen LogP contribution in [0.4, 0.5) is 0 Å². The molecule has 17 heavy (non-hydrogen) atoms. The second-order valence-electron chi connectivity index (χ2n) is 3.83. The van der Waals surface area contributed by atoms with Crippen molar-refractivity contribution in [1.29, 1.82) is 0 Å². The molecule has 1 aromatic carbocycles. The van der Waals surface area contributed by atoms with E-state index in [1.165, 1.54) is 6.07 Å². The molecule has 1 rings (SSSR count). The maximum Gasteiger partial charge on any atom is 0.337 e. The lowest BCUT2D eigenvalue weighted by atomic mass is 9.98. The molecule has 0 aromatic heterocycles. The van der Waals surface area contributed by atoms with E-state index in [4.69, 9.17) is 5.11 Å². The number of aliphatic carboxylic acids is 1. The van der Waals surface area contributed by atoms with Crippen molar-refractivity contribution < 1.29 is 19.8 Å². The molecule has 1 unspecified atom stereocenters. The van der Waals surface area contributed by atoms with Gasteiger partial charge in [-0.3, -0.25) is 4.79 Å². The van der Waals surface area contributed by atoms with Crippen molar-refractivity contribution in [2.75, 3.05) is 0 Å². The summed E-state index contributed by atoms with van der Waals surface area (Å²) in [5, 5.41) is 18.2. The summed E-state index contributed by atoms with van der Waals surface area (Å²) in [7, 11) is 0. The molecule has 0 aliphatic carbocycles. The number of Topliss-reactive ketones (excluding diaryl/α,β-unsaturated/α-hetero) is 1. The fraction of sp³-hybridized carbons (Fsp3) is 0.385. The van der Waals surface area contributed by atoms with Gasteiger partial charge in [0.1, 0.15) is 0 Å². The average Bonchev–Trinajstić information content (AvgIpc) is 2.35. The van der Waals surface area contributed by atoms with Crippen LogP contribution in [0.3, 0.4) is 0 Å². The molecular weight excluding hydrogens is 220 g/mol. The summed E-state index contributed by atoms with van der Waals surface area (Å²) in [6.45, 7) is 3.65. The Hall–Kier alpha value is -1.68. The molecule has 4 heteroatoms. The Bertz CT molecular complexity index is 437. The summed E-state index contributed by atoms with van der Waals surface area (Å²) in [5.74, 6) is -1.37. The highest BCUT2D eigenvalue weighted by Crippen LogP contribution is 2.19. The Labute approximate surface area is 99.9 Å². The Balaban J connectivity index is 3.22. The largest absolute Gasteiger partial charge is 0.479 e. The third-order valence-corrected chi connectivity index (χ3v) is 2.62. The third-order valence-electron chi connectivity index (χ3n) is 2.62. The minimum Gasteiger partial charge on any atom is -0.479 e. The number of aliphatic hydroxyl groups excluding tert-OH is 1. The standard InChI is InChI=1S/C13H16O4/c1-3-8-5-9(11(14)4-2)7-10(6-8)12(15)13(16)17/h5-7,12,15H,3-4H2,1-2H3,(H,16,17). The highest BCUT2D eigenvalue weighted by molar-refractivity contribution is 5.96. The van der Waals surface area contributed by atoms with Crippen LogP contribution in [0.5, 0.6) is 0 Å². The summed E-state index contributed by atoms with van der Waals surface area (Å²) in [6, 6.07) is 4.80. The number of aliphatic hydroxyl groups is 1. The molecule has 0 aliphatic heterocycles. The van der Waals surface area contributed by atoms with Crippen LogP contribution in [-0.4, -0.2) is 22.0 Å². The Morgan fingerprint density at radius 3 is 2.35 bits per heavy atom. The zero-order valence-electron chi connectivity index (χ0n) is 9.93. The van der Waals surface area contributed by atoms with Crippen molar-refractivity contribution in [3.8, 4) is 0 Å². The maximum absolute atomic E-state index is 11.6. The van der Waals surface area contributed by atoms with Crippen molar-refractivity contribution in [3.05, 3.63) is 34.9 Å². The van der Waals surface area contributed by atoms with Crippen molar-refractivity contribution in [2.24, 2.45) is 0 Å². The van der Waals surface area contributed by atoms with Gasteiger partial charge in [-0.2, -0.15) is 0 Å². The van der Waals surface area contributed by atoms with E-state index < -0.39 is 12.1 Å². The zero-order chi connectivity index (χ0) is 13.0. The van der Waals surface area contributed by atoms with Gasteiger partial charge < -0.3 is 10.2 Å². The average molecular weight is 236 g/mol. The van der Waals surface area contributed by atoms with Crippen LogP contribution in [0, 0.1) is 0 Å². The Morgan fingerprint density at radius 2 is 1.88 bits per heavy atom. The summed E-state index contributed by atoms with van der Waals surface area (Å²) in [6.07, 6.45) is -0.537. The van der Waals surface area contributed by atoms with Crippen LogP contribution in [0.2, 0.25) is 0 Å². The SMILES string of the molecule is CCC(=O)c1cc(CC)cc(C(O)C(=O)O)c1. The lowest BCUT2D eigenvalue weighted by Crippen LogP contribution is -2.12. The number of carbonyl (C=O) groups excluding carboxylic acids is 1. The van der Waals surface area contributed by atoms with Gasteiger partial charge in [-0.05, 0) is 29.7 Å². The van der Waals surface area contributed by atoms with E-state index in [0.717, 1.165) is 5.56 Å². The molecule has 2 N–H and O–H groups in total. The smallest absolute Gasteiger partial charge is 0.337 e. The van der Waals surface area contributed by atoms with Gasteiger partial charge in [0, 0.05) is 12.0 Å². The second kappa shape index (κ2) is 5.59. The molecule has 1 aromatic rings. The molecule has 92 valence electrons. The number of carboxylic acids is 1. The van der Waals surface area contributed by atoms with Gasteiger partial charge in [-0.15, -0.1) is 0 Å². The third kappa shape index (κ3) is 3.14. The predicted molar refractivity (Wildman–Crippen MR) is 63.0 cm³/mol. The van der Waals surface area contributed by atoms with Crippen molar-refractivity contribution in [2.45, 2.75) is 32.8 Å². The number of hydrogen-bond donors (Lipinski definition) is 2. The van der Waals surface area contributed by atoms with Crippen molar-refractivity contribution in [3.63, 3.8) is 0 Å². The minimum atomic E-state index is -1.58. The number of rotatable bonds is 5. The van der Waals surface area contributed by atoms with Gasteiger partial charge in [-0.25, -0.2) is 4.79 Å². The van der Waals surface area contributed by atoms with Crippen molar-refractivity contribution in [1.82, 2.24) is 0 Å². The molecule has 0 bridgehead atoms. The van der Waals surface area contributed by atoms with E-state index >= 15 is 0 Å². The molecule has 0 saturated heterocycles. The normalized spacial score (nSPS) is 12.2. The van der Waals surface area contributed by atoms with Crippen LogP contribution in [-0.2, 0) is 11.2 Å². The molecule has 0 saturated carbocycles. The van der Waals surface area contributed by atoms with E-state index in [2.05, 4.69) is 0 Å². The molecule has 0 amide bonds. The second-order valence-corrected chi connectivity index (χ2v) is 3.83. The molecule has 1 atom stereocenters. The van der Waals surface area contributed by atoms with Gasteiger partial charge in [0.25, 0.3) is 0 Å². The Kier molecular flexibility index (Phi) is 4.40. The first-order valence-corrected chi connectivity index (χ1v) is 5.57. The van der Waals surface area contributed by atoms with Crippen LogP contribution in [0.25, 0.3) is 0 Å². The van der Waals surface area contributed by atoms with Gasteiger partial charge in [-0.1, -0.05) is 19.9 Å². The molecule has 0 aliphatic rings. The summed E-state index contributed by atoms with van der Waals surface area (Å²) in [5.41, 5.74) is 1.57. The van der Waals surface area contributed by atoms with E-state index in [1.807, 2.05) is 6.92 Å². The van der Waals surface area contributed by atoms with Gasteiger partial charge in [0.05, 0.1) is 0 Å².